The third-order valence-electron chi connectivity index (χ3n) is 2.65. The summed E-state index contributed by atoms with van der Waals surface area (Å²) >= 11 is 5.82. The van der Waals surface area contributed by atoms with E-state index in [9.17, 15) is 0 Å². The van der Waals surface area contributed by atoms with Crippen molar-refractivity contribution >= 4 is 11.6 Å². The molecule has 1 aromatic carbocycles. The number of para-hydroxylation sites is 1. The van der Waals surface area contributed by atoms with E-state index >= 15 is 0 Å². The van der Waals surface area contributed by atoms with Gasteiger partial charge in [0.05, 0.1) is 29.5 Å². The molecule has 4 nitrogen and oxygen atoms in total. The molecule has 0 atom stereocenters. The maximum Gasteiger partial charge on any atom is 0.174 e. The first kappa shape index (κ1) is 11.0. The molecule has 0 spiro atoms. The van der Waals surface area contributed by atoms with Gasteiger partial charge in [0.15, 0.2) is 5.76 Å². The van der Waals surface area contributed by atoms with Crippen molar-refractivity contribution in [2.45, 2.75) is 5.88 Å². The molecule has 0 aliphatic heterocycles. The smallest absolute Gasteiger partial charge is 0.174 e. The number of hydrogen-bond acceptors (Lipinski definition) is 3. The molecule has 90 valence electrons. The van der Waals surface area contributed by atoms with E-state index in [2.05, 4.69) is 10.3 Å². The highest BCUT2D eigenvalue weighted by molar-refractivity contribution is 6.17. The van der Waals surface area contributed by atoms with Gasteiger partial charge in [-0.1, -0.05) is 23.4 Å². The summed E-state index contributed by atoms with van der Waals surface area (Å²) < 4.78 is 6.99. The Kier molecular flexibility index (Phi) is 2.86. The Morgan fingerprint density at radius 1 is 1.17 bits per heavy atom. The zero-order chi connectivity index (χ0) is 12.4. The van der Waals surface area contributed by atoms with Gasteiger partial charge in [0, 0.05) is 11.8 Å². The number of benzene rings is 1. The lowest BCUT2D eigenvalue weighted by Crippen LogP contribution is -1.92. The Hall–Kier alpha value is -2.07. The van der Waals surface area contributed by atoms with E-state index in [0.717, 1.165) is 16.8 Å². The van der Waals surface area contributed by atoms with Crippen LogP contribution in [0, 0.1) is 0 Å². The summed E-state index contributed by atoms with van der Waals surface area (Å²) in [5, 5.41) is 8.06. The highest BCUT2D eigenvalue weighted by atomic mass is 35.5. The van der Waals surface area contributed by atoms with Gasteiger partial charge in [0.2, 0.25) is 0 Å². The molecule has 2 aromatic heterocycles. The second kappa shape index (κ2) is 4.66. The van der Waals surface area contributed by atoms with Crippen LogP contribution < -0.4 is 0 Å². The number of halogens is 1. The normalized spacial score (nSPS) is 10.7. The largest absolute Gasteiger partial charge is 0.356 e. The van der Waals surface area contributed by atoms with Crippen LogP contribution in [0.1, 0.15) is 5.56 Å². The first-order valence-corrected chi connectivity index (χ1v) is 6.02. The molecule has 0 bridgehead atoms. The van der Waals surface area contributed by atoms with Crippen molar-refractivity contribution in [2.24, 2.45) is 0 Å². The Morgan fingerprint density at radius 2 is 2.00 bits per heavy atom. The van der Waals surface area contributed by atoms with Gasteiger partial charge in [0.25, 0.3) is 0 Å². The van der Waals surface area contributed by atoms with E-state index in [1.165, 1.54) is 0 Å². The minimum atomic E-state index is 0.370. The average Bonchev–Trinajstić information content (AvgIpc) is 3.08. The summed E-state index contributed by atoms with van der Waals surface area (Å²) in [5.74, 6) is 1.04. The number of aromatic nitrogens is 3. The van der Waals surface area contributed by atoms with E-state index in [1.54, 1.807) is 17.1 Å². The van der Waals surface area contributed by atoms with E-state index < -0.39 is 0 Å². The van der Waals surface area contributed by atoms with Crippen LogP contribution in [0.4, 0.5) is 0 Å². The second-order valence-corrected chi connectivity index (χ2v) is 4.09. The highest BCUT2D eigenvalue weighted by Crippen LogP contribution is 2.25. The summed E-state index contributed by atoms with van der Waals surface area (Å²) in [7, 11) is 0. The van der Waals surface area contributed by atoms with Crippen molar-refractivity contribution in [3.8, 4) is 17.0 Å². The summed E-state index contributed by atoms with van der Waals surface area (Å²) in [5.41, 5.74) is 2.73. The monoisotopic (exact) mass is 259 g/mol. The maximum atomic E-state index is 5.82. The third-order valence-corrected chi connectivity index (χ3v) is 2.94. The van der Waals surface area contributed by atoms with Gasteiger partial charge >= 0.3 is 0 Å². The summed E-state index contributed by atoms with van der Waals surface area (Å²) in [6.07, 6.45) is 5.26. The van der Waals surface area contributed by atoms with Gasteiger partial charge in [-0.3, -0.25) is 0 Å². The van der Waals surface area contributed by atoms with E-state index in [-0.39, 0.29) is 0 Å². The lowest BCUT2D eigenvalue weighted by atomic mass is 10.2. The molecule has 0 saturated carbocycles. The second-order valence-electron chi connectivity index (χ2n) is 3.82. The molecule has 3 aromatic rings. The molecule has 0 saturated heterocycles. The zero-order valence-corrected chi connectivity index (χ0v) is 10.2. The number of nitrogens with zero attached hydrogens (tertiary/aromatic N) is 3. The molecule has 2 heterocycles. The molecular weight excluding hydrogens is 250 g/mol. The quantitative estimate of drug-likeness (QED) is 0.678. The minimum Gasteiger partial charge on any atom is -0.356 e. The summed E-state index contributed by atoms with van der Waals surface area (Å²) in [6, 6.07) is 9.87. The van der Waals surface area contributed by atoms with Crippen LogP contribution in [-0.4, -0.2) is 14.9 Å². The topological polar surface area (TPSA) is 43.9 Å². The van der Waals surface area contributed by atoms with E-state index in [1.807, 2.05) is 36.5 Å². The Labute approximate surface area is 109 Å². The van der Waals surface area contributed by atoms with Gasteiger partial charge in [0.1, 0.15) is 0 Å². The van der Waals surface area contributed by atoms with Crippen molar-refractivity contribution in [1.82, 2.24) is 14.9 Å². The fourth-order valence-corrected chi connectivity index (χ4v) is 1.95. The average molecular weight is 260 g/mol. The molecule has 0 radical (unpaired) electrons. The van der Waals surface area contributed by atoms with Crippen LogP contribution in [0.5, 0.6) is 0 Å². The van der Waals surface area contributed by atoms with Crippen molar-refractivity contribution in [3.05, 3.63) is 54.5 Å². The molecule has 0 aliphatic rings. The first-order chi connectivity index (χ1) is 8.88. The molecular formula is C13H10ClN3O. The Balaban J connectivity index is 2.00. The van der Waals surface area contributed by atoms with Crippen LogP contribution in [0.3, 0.4) is 0 Å². The zero-order valence-electron chi connectivity index (χ0n) is 9.45. The summed E-state index contributed by atoms with van der Waals surface area (Å²) in [6.45, 7) is 0. The standard InChI is InChI=1S/C13H10ClN3O/c14-6-10-8-16-18-13(10)11-7-15-17(9-11)12-4-2-1-3-5-12/h1-5,7-9H,6H2. The van der Waals surface area contributed by atoms with Gasteiger partial charge in [-0.25, -0.2) is 4.68 Å². The number of alkyl halides is 1. The van der Waals surface area contributed by atoms with Crippen LogP contribution in [0.25, 0.3) is 17.0 Å². The van der Waals surface area contributed by atoms with Crippen LogP contribution >= 0.6 is 11.6 Å². The lowest BCUT2D eigenvalue weighted by Gasteiger charge is -1.98. The van der Waals surface area contributed by atoms with E-state index in [0.29, 0.717) is 11.6 Å². The van der Waals surface area contributed by atoms with E-state index in [4.69, 9.17) is 16.1 Å². The van der Waals surface area contributed by atoms with Crippen molar-refractivity contribution in [3.63, 3.8) is 0 Å². The molecule has 0 unspecified atom stereocenters. The van der Waals surface area contributed by atoms with Crippen LogP contribution in [0.15, 0.2) is 53.4 Å². The van der Waals surface area contributed by atoms with Crippen molar-refractivity contribution in [1.29, 1.82) is 0 Å². The molecule has 0 N–H and O–H groups in total. The fraction of sp³-hybridized carbons (Fsp3) is 0.0769. The molecule has 0 fully saturated rings. The van der Waals surface area contributed by atoms with Crippen molar-refractivity contribution < 1.29 is 4.52 Å². The Bertz CT molecular complexity index is 645. The molecule has 18 heavy (non-hydrogen) atoms. The molecule has 0 amide bonds. The molecule has 0 aliphatic carbocycles. The van der Waals surface area contributed by atoms with Crippen molar-refractivity contribution in [2.75, 3.05) is 0 Å². The Morgan fingerprint density at radius 3 is 2.78 bits per heavy atom. The number of hydrogen-bond donors (Lipinski definition) is 0. The molecule has 3 rings (SSSR count). The highest BCUT2D eigenvalue weighted by Gasteiger charge is 2.12. The molecule has 5 heteroatoms. The predicted octanol–water partition coefficient (Wildman–Crippen LogP) is 3.27. The maximum absolute atomic E-state index is 5.82. The lowest BCUT2D eigenvalue weighted by molar-refractivity contribution is 0.432. The summed E-state index contributed by atoms with van der Waals surface area (Å²) in [4.78, 5) is 0. The number of rotatable bonds is 3. The van der Waals surface area contributed by atoms with Gasteiger partial charge < -0.3 is 4.52 Å². The first-order valence-electron chi connectivity index (χ1n) is 5.48. The van der Waals surface area contributed by atoms with Gasteiger partial charge in [-0.15, -0.1) is 11.6 Å². The minimum absolute atomic E-state index is 0.370. The van der Waals surface area contributed by atoms with Crippen LogP contribution in [0.2, 0.25) is 0 Å². The SMILES string of the molecule is ClCc1cnoc1-c1cnn(-c2ccccc2)c1. The van der Waals surface area contributed by atoms with Gasteiger partial charge in [-0.2, -0.15) is 5.10 Å². The predicted molar refractivity (Wildman–Crippen MR) is 68.6 cm³/mol. The van der Waals surface area contributed by atoms with Crippen LogP contribution in [-0.2, 0) is 5.88 Å². The van der Waals surface area contributed by atoms with Gasteiger partial charge in [-0.05, 0) is 12.1 Å². The fourth-order valence-electron chi connectivity index (χ4n) is 1.76. The third kappa shape index (κ3) is 1.91.